The fraction of sp³-hybridized carbons (Fsp3) is 0.759. The van der Waals surface area contributed by atoms with Crippen molar-refractivity contribution in [2.24, 2.45) is 0 Å². The molecule has 0 saturated carbocycles. The van der Waals surface area contributed by atoms with E-state index in [-0.39, 0.29) is 12.5 Å². The molecular weight excluding hydrogens is 410 g/mol. The zero-order valence-corrected chi connectivity index (χ0v) is 21.6. The second-order valence-corrected chi connectivity index (χ2v) is 9.09. The fourth-order valence-electron chi connectivity index (χ4n) is 3.66. The van der Waals surface area contributed by atoms with Crippen molar-refractivity contribution in [2.75, 3.05) is 6.61 Å². The minimum atomic E-state index is -0.867. The number of amides is 1. The number of carbonyl (C=O) groups is 1. The third-order valence-corrected chi connectivity index (χ3v) is 5.85. The number of hydrogen-bond acceptors (Lipinski definition) is 3. The summed E-state index contributed by atoms with van der Waals surface area (Å²) in [4.78, 5) is 12.1. The molecule has 1 amide bonds. The predicted molar refractivity (Wildman–Crippen MR) is 142 cm³/mol. The van der Waals surface area contributed by atoms with Crippen molar-refractivity contribution in [2.45, 2.75) is 135 Å². The molecule has 0 aliphatic carbocycles. The SMILES string of the molecule is CCCCCC/C=C\CCCC(=O)NC(CO)C(O)/C=C/CC/C=C/CCCCCCCC. The summed E-state index contributed by atoms with van der Waals surface area (Å²) in [6.07, 6.45) is 30.7. The molecular formula is C29H53NO3. The van der Waals surface area contributed by atoms with Gasteiger partial charge in [0.15, 0.2) is 0 Å². The summed E-state index contributed by atoms with van der Waals surface area (Å²) in [5, 5.41) is 22.6. The number of hydrogen-bond donors (Lipinski definition) is 3. The molecule has 0 aliphatic rings. The summed E-state index contributed by atoms with van der Waals surface area (Å²) in [6.45, 7) is 4.19. The van der Waals surface area contributed by atoms with Crippen molar-refractivity contribution in [1.82, 2.24) is 5.32 Å². The van der Waals surface area contributed by atoms with E-state index in [1.165, 1.54) is 64.2 Å². The zero-order valence-electron chi connectivity index (χ0n) is 21.6. The Kier molecular flexibility index (Phi) is 24.2. The Balaban J connectivity index is 3.85. The summed E-state index contributed by atoms with van der Waals surface area (Å²) in [6, 6.07) is -0.647. The van der Waals surface area contributed by atoms with E-state index in [9.17, 15) is 15.0 Å². The van der Waals surface area contributed by atoms with Crippen LogP contribution in [0.15, 0.2) is 36.5 Å². The molecule has 2 atom stereocenters. The van der Waals surface area contributed by atoms with E-state index in [4.69, 9.17) is 0 Å². The van der Waals surface area contributed by atoms with Gasteiger partial charge in [-0.2, -0.15) is 0 Å². The largest absolute Gasteiger partial charge is 0.394 e. The molecule has 0 aromatic carbocycles. The second kappa shape index (κ2) is 25.2. The highest BCUT2D eigenvalue weighted by atomic mass is 16.3. The summed E-state index contributed by atoms with van der Waals surface area (Å²) in [5.41, 5.74) is 0. The van der Waals surface area contributed by atoms with Gasteiger partial charge in [0.25, 0.3) is 0 Å². The monoisotopic (exact) mass is 463 g/mol. The van der Waals surface area contributed by atoms with Gasteiger partial charge in [-0.1, -0.05) is 102 Å². The molecule has 3 N–H and O–H groups in total. The van der Waals surface area contributed by atoms with Crippen LogP contribution in [0.5, 0.6) is 0 Å². The zero-order chi connectivity index (χ0) is 24.4. The normalized spacial score (nSPS) is 13.9. The number of carbonyl (C=O) groups excluding carboxylic acids is 1. The molecule has 4 nitrogen and oxygen atoms in total. The average Bonchev–Trinajstić information content (AvgIpc) is 2.82. The molecule has 192 valence electrons. The highest BCUT2D eigenvalue weighted by Gasteiger charge is 2.17. The van der Waals surface area contributed by atoms with E-state index in [0.717, 1.165) is 38.5 Å². The molecule has 0 aromatic heterocycles. The van der Waals surface area contributed by atoms with E-state index < -0.39 is 12.1 Å². The van der Waals surface area contributed by atoms with Crippen molar-refractivity contribution in [1.29, 1.82) is 0 Å². The lowest BCUT2D eigenvalue weighted by atomic mass is 10.1. The lowest BCUT2D eigenvalue weighted by molar-refractivity contribution is -0.122. The molecule has 0 aromatic rings. The molecule has 0 fully saturated rings. The Morgan fingerprint density at radius 1 is 0.697 bits per heavy atom. The molecule has 2 unspecified atom stereocenters. The first kappa shape index (κ1) is 31.6. The van der Waals surface area contributed by atoms with Gasteiger partial charge >= 0.3 is 0 Å². The average molecular weight is 464 g/mol. The highest BCUT2D eigenvalue weighted by Crippen LogP contribution is 2.08. The van der Waals surface area contributed by atoms with Crippen LogP contribution < -0.4 is 5.32 Å². The summed E-state index contributed by atoms with van der Waals surface area (Å²) >= 11 is 0. The number of allylic oxidation sites excluding steroid dienone is 5. The Hall–Kier alpha value is -1.39. The van der Waals surface area contributed by atoms with Crippen LogP contribution in [0, 0.1) is 0 Å². The van der Waals surface area contributed by atoms with E-state index in [2.05, 4.69) is 43.5 Å². The Morgan fingerprint density at radius 2 is 1.18 bits per heavy atom. The topological polar surface area (TPSA) is 69.6 Å². The Labute approximate surface area is 204 Å². The summed E-state index contributed by atoms with van der Waals surface area (Å²) < 4.78 is 0. The first-order valence-corrected chi connectivity index (χ1v) is 13.7. The number of aliphatic hydroxyl groups is 2. The van der Waals surface area contributed by atoms with Crippen LogP contribution in [-0.4, -0.2) is 34.9 Å². The Morgan fingerprint density at radius 3 is 1.79 bits per heavy atom. The summed E-state index contributed by atoms with van der Waals surface area (Å²) in [5.74, 6) is -0.115. The Bertz CT molecular complexity index is 513. The van der Waals surface area contributed by atoms with Gasteiger partial charge in [-0.05, 0) is 51.4 Å². The van der Waals surface area contributed by atoms with Crippen LogP contribution in [0.3, 0.4) is 0 Å². The molecule has 0 heterocycles. The fourth-order valence-corrected chi connectivity index (χ4v) is 3.66. The van der Waals surface area contributed by atoms with Crippen LogP contribution in [0.25, 0.3) is 0 Å². The number of rotatable bonds is 23. The highest BCUT2D eigenvalue weighted by molar-refractivity contribution is 5.76. The minimum Gasteiger partial charge on any atom is -0.394 e. The van der Waals surface area contributed by atoms with E-state index in [1.807, 2.05) is 6.08 Å². The van der Waals surface area contributed by atoms with Gasteiger partial charge in [-0.3, -0.25) is 4.79 Å². The van der Waals surface area contributed by atoms with E-state index in [1.54, 1.807) is 6.08 Å². The van der Waals surface area contributed by atoms with Gasteiger partial charge in [0.1, 0.15) is 0 Å². The van der Waals surface area contributed by atoms with Crippen LogP contribution in [0.2, 0.25) is 0 Å². The van der Waals surface area contributed by atoms with Crippen molar-refractivity contribution < 1.29 is 15.0 Å². The molecule has 0 spiro atoms. The molecule has 0 rings (SSSR count). The maximum atomic E-state index is 12.1. The second-order valence-electron chi connectivity index (χ2n) is 9.09. The van der Waals surface area contributed by atoms with Crippen molar-refractivity contribution in [3.63, 3.8) is 0 Å². The predicted octanol–water partition coefficient (Wildman–Crippen LogP) is 7.16. The molecule has 0 bridgehead atoms. The van der Waals surface area contributed by atoms with Crippen LogP contribution in [0.4, 0.5) is 0 Å². The smallest absolute Gasteiger partial charge is 0.220 e. The first-order valence-electron chi connectivity index (χ1n) is 13.7. The first-order chi connectivity index (χ1) is 16.2. The van der Waals surface area contributed by atoms with Crippen LogP contribution in [-0.2, 0) is 4.79 Å². The maximum absolute atomic E-state index is 12.1. The van der Waals surface area contributed by atoms with Crippen LogP contribution in [0.1, 0.15) is 123 Å². The third-order valence-electron chi connectivity index (χ3n) is 5.85. The molecule has 0 saturated heterocycles. The quantitative estimate of drug-likeness (QED) is 0.111. The van der Waals surface area contributed by atoms with Gasteiger partial charge < -0.3 is 15.5 Å². The van der Waals surface area contributed by atoms with Gasteiger partial charge in [-0.25, -0.2) is 0 Å². The number of unbranched alkanes of at least 4 members (excludes halogenated alkanes) is 12. The lowest BCUT2D eigenvalue weighted by Gasteiger charge is -2.19. The van der Waals surface area contributed by atoms with E-state index in [0.29, 0.717) is 6.42 Å². The van der Waals surface area contributed by atoms with E-state index >= 15 is 0 Å². The van der Waals surface area contributed by atoms with Crippen molar-refractivity contribution in [3.8, 4) is 0 Å². The van der Waals surface area contributed by atoms with Crippen molar-refractivity contribution in [3.05, 3.63) is 36.5 Å². The van der Waals surface area contributed by atoms with Gasteiger partial charge in [0.2, 0.25) is 5.91 Å². The summed E-state index contributed by atoms with van der Waals surface area (Å²) in [7, 11) is 0. The van der Waals surface area contributed by atoms with Gasteiger partial charge in [-0.15, -0.1) is 0 Å². The number of nitrogens with one attached hydrogen (secondary N) is 1. The van der Waals surface area contributed by atoms with Crippen LogP contribution >= 0.6 is 0 Å². The standard InChI is InChI=1S/C29H53NO3/c1-3-5-7-9-11-13-14-15-17-18-20-22-24-28(32)27(26-31)30-29(33)25-23-21-19-16-12-10-8-6-4-2/h15-17,19,22,24,27-28,31-32H,3-14,18,20-21,23,25-26H2,1-2H3,(H,30,33)/b17-15+,19-16-,24-22+. The maximum Gasteiger partial charge on any atom is 0.220 e. The minimum absolute atomic E-state index is 0.115. The van der Waals surface area contributed by atoms with Gasteiger partial charge in [0, 0.05) is 6.42 Å². The van der Waals surface area contributed by atoms with Gasteiger partial charge in [0.05, 0.1) is 18.8 Å². The molecule has 0 radical (unpaired) electrons. The lowest BCUT2D eigenvalue weighted by Crippen LogP contribution is -2.45. The van der Waals surface area contributed by atoms with Crippen molar-refractivity contribution >= 4 is 5.91 Å². The third kappa shape index (κ3) is 22.2. The number of aliphatic hydroxyl groups excluding tert-OH is 2. The molecule has 0 aliphatic heterocycles. The molecule has 33 heavy (non-hydrogen) atoms. The molecule has 4 heteroatoms.